The Bertz CT molecular complexity index is 128. The van der Waals surface area contributed by atoms with Crippen LogP contribution in [-0.4, -0.2) is 18.9 Å². The standard InChI is InChI=1S/C9H16NO/c1-2-4-9(11)8-5-3-6-10-7-8/h5,8,10H,2-4,6-7H2,1H3. The van der Waals surface area contributed by atoms with Crippen molar-refractivity contribution in [2.45, 2.75) is 26.2 Å². The molecule has 1 saturated heterocycles. The highest BCUT2D eigenvalue weighted by atomic mass is 16.1. The van der Waals surface area contributed by atoms with Gasteiger partial charge in [0, 0.05) is 18.9 Å². The van der Waals surface area contributed by atoms with Crippen molar-refractivity contribution < 1.29 is 4.79 Å². The Morgan fingerprint density at radius 1 is 1.73 bits per heavy atom. The van der Waals surface area contributed by atoms with Gasteiger partial charge in [-0.2, -0.15) is 0 Å². The summed E-state index contributed by atoms with van der Waals surface area (Å²) in [6, 6.07) is 0. The van der Waals surface area contributed by atoms with Gasteiger partial charge in [0.1, 0.15) is 5.78 Å². The Morgan fingerprint density at radius 3 is 3.09 bits per heavy atom. The minimum atomic E-state index is 0.198. The SMILES string of the molecule is CCCC(=O)C1[CH]CCNC1. The molecule has 1 heterocycles. The maximum absolute atomic E-state index is 11.3. The molecule has 1 aliphatic rings. The fourth-order valence-electron chi connectivity index (χ4n) is 1.40. The molecule has 63 valence electrons. The van der Waals surface area contributed by atoms with Gasteiger partial charge in [-0.1, -0.05) is 6.92 Å². The van der Waals surface area contributed by atoms with Crippen molar-refractivity contribution in [2.24, 2.45) is 5.92 Å². The Morgan fingerprint density at radius 2 is 2.55 bits per heavy atom. The lowest BCUT2D eigenvalue weighted by atomic mass is 9.93. The molecule has 0 saturated carbocycles. The first-order valence-corrected chi connectivity index (χ1v) is 4.41. The van der Waals surface area contributed by atoms with E-state index in [0.717, 1.165) is 32.4 Å². The third-order valence-corrected chi connectivity index (χ3v) is 2.05. The van der Waals surface area contributed by atoms with Crippen molar-refractivity contribution in [1.29, 1.82) is 0 Å². The maximum atomic E-state index is 11.3. The van der Waals surface area contributed by atoms with E-state index in [-0.39, 0.29) is 5.92 Å². The number of hydrogen-bond donors (Lipinski definition) is 1. The molecule has 1 unspecified atom stereocenters. The van der Waals surface area contributed by atoms with Crippen molar-refractivity contribution in [3.8, 4) is 0 Å². The largest absolute Gasteiger partial charge is 0.316 e. The van der Waals surface area contributed by atoms with Gasteiger partial charge in [0.2, 0.25) is 0 Å². The van der Waals surface area contributed by atoms with Gasteiger partial charge in [-0.05, 0) is 25.8 Å². The first-order chi connectivity index (χ1) is 5.34. The van der Waals surface area contributed by atoms with Crippen LogP contribution in [-0.2, 0) is 4.79 Å². The molecule has 1 N–H and O–H groups in total. The predicted molar refractivity (Wildman–Crippen MR) is 45.2 cm³/mol. The van der Waals surface area contributed by atoms with Gasteiger partial charge in [0.15, 0.2) is 0 Å². The molecule has 2 heteroatoms. The number of nitrogens with one attached hydrogen (secondary N) is 1. The van der Waals surface area contributed by atoms with E-state index in [4.69, 9.17) is 0 Å². The second-order valence-corrected chi connectivity index (χ2v) is 3.05. The van der Waals surface area contributed by atoms with E-state index in [1.807, 2.05) is 6.92 Å². The lowest BCUT2D eigenvalue weighted by molar-refractivity contribution is -0.122. The number of carbonyl (C=O) groups is 1. The highest BCUT2D eigenvalue weighted by Crippen LogP contribution is 2.12. The van der Waals surface area contributed by atoms with Gasteiger partial charge in [0.25, 0.3) is 0 Å². The topological polar surface area (TPSA) is 29.1 Å². The molecule has 0 aliphatic carbocycles. The zero-order valence-electron chi connectivity index (χ0n) is 7.10. The smallest absolute Gasteiger partial charge is 0.137 e. The monoisotopic (exact) mass is 154 g/mol. The maximum Gasteiger partial charge on any atom is 0.137 e. The second kappa shape index (κ2) is 4.50. The van der Waals surface area contributed by atoms with Crippen LogP contribution < -0.4 is 5.32 Å². The minimum absolute atomic E-state index is 0.198. The molecule has 0 aromatic rings. The summed E-state index contributed by atoms with van der Waals surface area (Å²) in [4.78, 5) is 11.3. The van der Waals surface area contributed by atoms with Crippen molar-refractivity contribution in [3.05, 3.63) is 6.42 Å². The molecule has 0 spiro atoms. The molecule has 0 aromatic carbocycles. The number of piperidine rings is 1. The van der Waals surface area contributed by atoms with E-state index < -0.39 is 0 Å². The molecule has 1 fully saturated rings. The zero-order valence-corrected chi connectivity index (χ0v) is 7.10. The molecule has 0 aromatic heterocycles. The van der Waals surface area contributed by atoms with Crippen molar-refractivity contribution in [1.82, 2.24) is 5.32 Å². The number of carbonyl (C=O) groups excluding carboxylic acids is 1. The summed E-state index contributed by atoms with van der Waals surface area (Å²) in [5, 5.41) is 3.22. The quantitative estimate of drug-likeness (QED) is 0.661. The van der Waals surface area contributed by atoms with Gasteiger partial charge in [-0.3, -0.25) is 4.79 Å². The Balaban J connectivity index is 2.27. The normalized spacial score (nSPS) is 25.0. The third-order valence-electron chi connectivity index (χ3n) is 2.05. The minimum Gasteiger partial charge on any atom is -0.316 e. The fourth-order valence-corrected chi connectivity index (χ4v) is 1.40. The summed E-state index contributed by atoms with van der Waals surface area (Å²) in [7, 11) is 0. The van der Waals surface area contributed by atoms with Gasteiger partial charge in [0.05, 0.1) is 0 Å². The molecule has 0 amide bonds. The molecular weight excluding hydrogens is 138 g/mol. The lowest BCUT2D eigenvalue weighted by Crippen LogP contribution is -2.34. The van der Waals surface area contributed by atoms with Gasteiger partial charge >= 0.3 is 0 Å². The van der Waals surface area contributed by atoms with Gasteiger partial charge in [-0.25, -0.2) is 0 Å². The molecule has 1 radical (unpaired) electrons. The van der Waals surface area contributed by atoms with Gasteiger partial charge in [-0.15, -0.1) is 0 Å². The van der Waals surface area contributed by atoms with Crippen LogP contribution in [0.4, 0.5) is 0 Å². The van der Waals surface area contributed by atoms with E-state index in [1.54, 1.807) is 0 Å². The van der Waals surface area contributed by atoms with E-state index >= 15 is 0 Å². The fraction of sp³-hybridized carbons (Fsp3) is 0.778. The van der Waals surface area contributed by atoms with Crippen LogP contribution in [0, 0.1) is 12.3 Å². The van der Waals surface area contributed by atoms with E-state index in [9.17, 15) is 4.79 Å². The van der Waals surface area contributed by atoms with Crippen LogP contribution >= 0.6 is 0 Å². The molecule has 0 bridgehead atoms. The Kier molecular flexibility index (Phi) is 3.57. The van der Waals surface area contributed by atoms with Crippen molar-refractivity contribution >= 4 is 5.78 Å². The number of Topliss-reactive ketones (excluding diaryl/α,β-unsaturated/α-hetero) is 1. The second-order valence-electron chi connectivity index (χ2n) is 3.05. The molecule has 1 rings (SSSR count). The number of ketones is 1. The Labute approximate surface area is 68.4 Å². The van der Waals surface area contributed by atoms with Gasteiger partial charge < -0.3 is 5.32 Å². The van der Waals surface area contributed by atoms with E-state index in [0.29, 0.717) is 5.78 Å². The van der Waals surface area contributed by atoms with Crippen molar-refractivity contribution in [3.63, 3.8) is 0 Å². The lowest BCUT2D eigenvalue weighted by Gasteiger charge is -2.20. The van der Waals surface area contributed by atoms with Crippen LogP contribution in [0.2, 0.25) is 0 Å². The van der Waals surface area contributed by atoms with Crippen molar-refractivity contribution in [2.75, 3.05) is 13.1 Å². The van der Waals surface area contributed by atoms with E-state index in [2.05, 4.69) is 11.7 Å². The number of rotatable bonds is 3. The van der Waals surface area contributed by atoms with Crippen LogP contribution in [0.3, 0.4) is 0 Å². The molecule has 1 aliphatic heterocycles. The highest BCUT2D eigenvalue weighted by Gasteiger charge is 2.19. The first kappa shape index (κ1) is 8.72. The zero-order chi connectivity index (χ0) is 8.10. The summed E-state index contributed by atoms with van der Waals surface area (Å²) in [5.74, 6) is 0.600. The van der Waals surface area contributed by atoms with E-state index in [1.165, 1.54) is 0 Å². The summed E-state index contributed by atoms with van der Waals surface area (Å²) in [5.41, 5.74) is 0. The summed E-state index contributed by atoms with van der Waals surface area (Å²) < 4.78 is 0. The number of hydrogen-bond acceptors (Lipinski definition) is 2. The average Bonchev–Trinajstić information content (AvgIpc) is 2.07. The van der Waals surface area contributed by atoms with Crippen LogP contribution in [0.1, 0.15) is 26.2 Å². The molecular formula is C9H16NO. The average molecular weight is 154 g/mol. The first-order valence-electron chi connectivity index (χ1n) is 4.41. The van der Waals surface area contributed by atoms with Crippen LogP contribution in [0.5, 0.6) is 0 Å². The third kappa shape index (κ3) is 2.62. The summed E-state index contributed by atoms with van der Waals surface area (Å²) in [6.07, 6.45) is 4.90. The Hall–Kier alpha value is -0.370. The van der Waals surface area contributed by atoms with Crippen LogP contribution in [0.15, 0.2) is 0 Å². The molecule has 11 heavy (non-hydrogen) atoms. The predicted octanol–water partition coefficient (Wildman–Crippen LogP) is 1.17. The summed E-state index contributed by atoms with van der Waals surface area (Å²) >= 11 is 0. The molecule has 2 nitrogen and oxygen atoms in total. The van der Waals surface area contributed by atoms with Crippen LogP contribution in [0.25, 0.3) is 0 Å². The summed E-state index contributed by atoms with van der Waals surface area (Å²) in [6.45, 7) is 3.95. The molecule has 1 atom stereocenters. The highest BCUT2D eigenvalue weighted by molar-refractivity contribution is 5.82.